The molecule has 0 spiro atoms. The highest BCUT2D eigenvalue weighted by molar-refractivity contribution is 7.95. The largest absolute Gasteiger partial charge is 0.399 e. The first kappa shape index (κ1) is 9.60. The molecule has 0 saturated heterocycles. The molecule has 0 heterocycles. The summed E-state index contributed by atoms with van der Waals surface area (Å²) in [7, 11) is -3.41. The number of benzene rings is 1. The van der Waals surface area contributed by atoms with Crippen molar-refractivity contribution < 1.29 is 8.42 Å². The van der Waals surface area contributed by atoms with Gasteiger partial charge in [0.05, 0.1) is 0 Å². The molecule has 0 unspecified atom stereocenters. The van der Waals surface area contributed by atoms with E-state index in [0.717, 1.165) is 5.41 Å². The van der Waals surface area contributed by atoms with E-state index in [1.165, 1.54) is 0 Å². The van der Waals surface area contributed by atoms with Gasteiger partial charge in [-0.15, -0.1) is 0 Å². The average molecular weight is 198 g/mol. The molecule has 3 N–H and O–H groups in total. The van der Waals surface area contributed by atoms with Crippen molar-refractivity contribution in [3.05, 3.63) is 36.3 Å². The first-order valence-electron chi connectivity index (χ1n) is 3.54. The average Bonchev–Trinajstić information content (AvgIpc) is 2.09. The second kappa shape index (κ2) is 3.49. The van der Waals surface area contributed by atoms with E-state index < -0.39 is 10.0 Å². The van der Waals surface area contributed by atoms with Crippen LogP contribution in [0.1, 0.15) is 0 Å². The molecular formula is C8H10N2O2S. The molecule has 0 aliphatic heterocycles. The molecule has 0 bridgehead atoms. The van der Waals surface area contributed by atoms with Gasteiger partial charge < -0.3 is 5.73 Å². The quantitative estimate of drug-likeness (QED) is 0.716. The lowest BCUT2D eigenvalue weighted by Gasteiger charge is -2.03. The van der Waals surface area contributed by atoms with E-state index in [1.54, 1.807) is 24.3 Å². The third kappa shape index (κ3) is 2.79. The van der Waals surface area contributed by atoms with Crippen molar-refractivity contribution in [1.82, 2.24) is 0 Å². The minimum absolute atomic E-state index is 0.467. The van der Waals surface area contributed by atoms with Gasteiger partial charge in [0.15, 0.2) is 0 Å². The van der Waals surface area contributed by atoms with Crippen molar-refractivity contribution in [2.75, 3.05) is 10.5 Å². The van der Waals surface area contributed by atoms with E-state index in [2.05, 4.69) is 11.3 Å². The SMILES string of the molecule is C=CS(=O)(=O)Nc1ccc(N)cc1. The second-order valence-electron chi connectivity index (χ2n) is 2.44. The molecule has 0 atom stereocenters. The maximum absolute atomic E-state index is 11.0. The summed E-state index contributed by atoms with van der Waals surface area (Å²) in [6.45, 7) is 3.17. The molecule has 0 aromatic heterocycles. The number of hydrogen-bond acceptors (Lipinski definition) is 3. The topological polar surface area (TPSA) is 72.2 Å². The fourth-order valence-corrected chi connectivity index (χ4v) is 1.31. The number of nitrogens with two attached hydrogens (primary N) is 1. The van der Waals surface area contributed by atoms with E-state index in [0.29, 0.717) is 11.4 Å². The van der Waals surface area contributed by atoms with Gasteiger partial charge in [-0.2, -0.15) is 0 Å². The van der Waals surface area contributed by atoms with Gasteiger partial charge in [-0.25, -0.2) is 8.42 Å². The fourth-order valence-electron chi connectivity index (χ4n) is 0.757. The Balaban J connectivity index is 2.88. The Morgan fingerprint density at radius 3 is 2.31 bits per heavy atom. The highest BCUT2D eigenvalue weighted by Crippen LogP contribution is 2.12. The highest BCUT2D eigenvalue weighted by atomic mass is 32.2. The summed E-state index contributed by atoms with van der Waals surface area (Å²) in [6, 6.07) is 6.38. The van der Waals surface area contributed by atoms with Gasteiger partial charge in [0.25, 0.3) is 10.0 Å². The van der Waals surface area contributed by atoms with E-state index in [-0.39, 0.29) is 0 Å². The molecule has 1 aromatic carbocycles. The lowest BCUT2D eigenvalue weighted by Crippen LogP contribution is -2.08. The van der Waals surface area contributed by atoms with Crippen LogP contribution in [0.15, 0.2) is 36.3 Å². The zero-order chi connectivity index (χ0) is 9.90. The van der Waals surface area contributed by atoms with Gasteiger partial charge in [-0.05, 0) is 24.3 Å². The molecule has 1 rings (SSSR count). The zero-order valence-corrected chi connectivity index (χ0v) is 7.71. The van der Waals surface area contributed by atoms with Crippen LogP contribution >= 0.6 is 0 Å². The molecule has 0 fully saturated rings. The Bertz CT molecular complexity index is 395. The minimum atomic E-state index is -3.41. The predicted molar refractivity (Wildman–Crippen MR) is 53.6 cm³/mol. The van der Waals surface area contributed by atoms with E-state index in [9.17, 15) is 8.42 Å². The summed E-state index contributed by atoms with van der Waals surface area (Å²) in [6.07, 6.45) is 0. The molecule has 0 aliphatic rings. The Hall–Kier alpha value is -1.49. The summed E-state index contributed by atoms with van der Waals surface area (Å²) >= 11 is 0. The molecule has 0 saturated carbocycles. The molecule has 0 radical (unpaired) electrons. The van der Waals surface area contributed by atoms with E-state index in [4.69, 9.17) is 5.73 Å². The highest BCUT2D eigenvalue weighted by Gasteiger charge is 2.02. The van der Waals surface area contributed by atoms with Gasteiger partial charge in [0.1, 0.15) is 0 Å². The number of hydrogen-bond donors (Lipinski definition) is 2. The van der Waals surface area contributed by atoms with Crippen LogP contribution in [0.4, 0.5) is 11.4 Å². The van der Waals surface area contributed by atoms with Gasteiger partial charge in [-0.1, -0.05) is 6.58 Å². The van der Waals surface area contributed by atoms with Crippen LogP contribution in [0.3, 0.4) is 0 Å². The second-order valence-corrected chi connectivity index (χ2v) is 4.06. The van der Waals surface area contributed by atoms with Crippen molar-refractivity contribution in [3.8, 4) is 0 Å². The number of sulfonamides is 1. The van der Waals surface area contributed by atoms with Crippen LogP contribution in [-0.2, 0) is 10.0 Å². The van der Waals surface area contributed by atoms with Crippen LogP contribution in [0.2, 0.25) is 0 Å². The van der Waals surface area contributed by atoms with E-state index in [1.807, 2.05) is 0 Å². The van der Waals surface area contributed by atoms with Gasteiger partial charge in [0.2, 0.25) is 0 Å². The van der Waals surface area contributed by atoms with Gasteiger partial charge in [0, 0.05) is 16.8 Å². The molecule has 0 amide bonds. The van der Waals surface area contributed by atoms with Crippen molar-refractivity contribution >= 4 is 21.4 Å². The third-order valence-corrected chi connectivity index (χ3v) is 2.35. The van der Waals surface area contributed by atoms with Crippen molar-refractivity contribution in [3.63, 3.8) is 0 Å². The van der Waals surface area contributed by atoms with Crippen molar-refractivity contribution in [1.29, 1.82) is 0 Å². The standard InChI is InChI=1S/C8H10N2O2S/c1-2-13(11,12)10-8-5-3-7(9)4-6-8/h2-6,10H,1,9H2. The predicted octanol–water partition coefficient (Wildman–Crippen LogP) is 1.15. The summed E-state index contributed by atoms with van der Waals surface area (Å²) in [5, 5.41) is 0.851. The summed E-state index contributed by atoms with van der Waals surface area (Å²) in [5.41, 5.74) is 6.48. The maximum Gasteiger partial charge on any atom is 0.254 e. The summed E-state index contributed by atoms with van der Waals surface area (Å²) < 4.78 is 24.3. The first-order chi connectivity index (χ1) is 6.03. The number of nitrogen functional groups attached to an aromatic ring is 1. The molecule has 5 heteroatoms. The Morgan fingerprint density at radius 1 is 1.31 bits per heavy atom. The number of anilines is 2. The number of rotatable bonds is 3. The third-order valence-electron chi connectivity index (χ3n) is 1.39. The lowest BCUT2D eigenvalue weighted by molar-refractivity contribution is 0.609. The van der Waals surface area contributed by atoms with Crippen LogP contribution in [-0.4, -0.2) is 8.42 Å². The molecule has 4 nitrogen and oxygen atoms in total. The van der Waals surface area contributed by atoms with Gasteiger partial charge in [-0.3, -0.25) is 4.72 Å². The fraction of sp³-hybridized carbons (Fsp3) is 0. The Kier molecular flexibility index (Phi) is 2.57. The zero-order valence-electron chi connectivity index (χ0n) is 6.90. The summed E-state index contributed by atoms with van der Waals surface area (Å²) in [4.78, 5) is 0. The van der Waals surface area contributed by atoms with E-state index >= 15 is 0 Å². The molecule has 13 heavy (non-hydrogen) atoms. The Morgan fingerprint density at radius 2 is 1.85 bits per heavy atom. The van der Waals surface area contributed by atoms with Crippen molar-refractivity contribution in [2.24, 2.45) is 0 Å². The van der Waals surface area contributed by atoms with Crippen LogP contribution in [0.25, 0.3) is 0 Å². The van der Waals surface area contributed by atoms with Gasteiger partial charge >= 0.3 is 0 Å². The normalized spacial score (nSPS) is 10.8. The maximum atomic E-state index is 11.0. The molecular weight excluding hydrogens is 188 g/mol. The first-order valence-corrected chi connectivity index (χ1v) is 5.09. The Labute approximate surface area is 77.1 Å². The molecule has 70 valence electrons. The minimum Gasteiger partial charge on any atom is -0.399 e. The molecule has 1 aromatic rings. The molecule has 0 aliphatic carbocycles. The van der Waals surface area contributed by atoms with Crippen LogP contribution in [0, 0.1) is 0 Å². The number of nitrogens with one attached hydrogen (secondary N) is 1. The van der Waals surface area contributed by atoms with Crippen LogP contribution < -0.4 is 10.5 Å². The monoisotopic (exact) mass is 198 g/mol. The summed E-state index contributed by atoms with van der Waals surface area (Å²) in [5.74, 6) is 0. The smallest absolute Gasteiger partial charge is 0.254 e. The van der Waals surface area contributed by atoms with Crippen LogP contribution in [0.5, 0.6) is 0 Å². The lowest BCUT2D eigenvalue weighted by atomic mass is 10.3. The van der Waals surface area contributed by atoms with Crippen molar-refractivity contribution in [2.45, 2.75) is 0 Å².